The van der Waals surface area contributed by atoms with E-state index in [0.29, 0.717) is 11.7 Å². The van der Waals surface area contributed by atoms with Crippen molar-refractivity contribution in [2.45, 2.75) is 12.8 Å². The van der Waals surface area contributed by atoms with Crippen molar-refractivity contribution in [3.8, 4) is 0 Å². The van der Waals surface area contributed by atoms with Gasteiger partial charge in [0.15, 0.2) is 0 Å². The van der Waals surface area contributed by atoms with Gasteiger partial charge >= 0.3 is 0 Å². The predicted molar refractivity (Wildman–Crippen MR) is 39.5 cm³/mol. The van der Waals surface area contributed by atoms with Gasteiger partial charge in [-0.25, -0.2) is 0 Å². The van der Waals surface area contributed by atoms with E-state index in [1.54, 1.807) is 0 Å². The van der Waals surface area contributed by atoms with Gasteiger partial charge in [-0.3, -0.25) is 4.79 Å². The summed E-state index contributed by atoms with van der Waals surface area (Å²) in [6, 6.07) is 0. The fourth-order valence-electron chi connectivity index (χ4n) is 1.70. The lowest BCUT2D eigenvalue weighted by atomic mass is 10.1. The molecule has 1 heteroatoms. The van der Waals surface area contributed by atoms with Crippen molar-refractivity contribution in [1.82, 2.24) is 0 Å². The maximum atomic E-state index is 11.1. The van der Waals surface area contributed by atoms with Crippen molar-refractivity contribution in [1.29, 1.82) is 0 Å². The summed E-state index contributed by atoms with van der Waals surface area (Å²) in [5, 5.41) is 0. The molecule has 0 spiro atoms. The SMILES string of the molecule is O=C1C[C@H]2C=CC=C[C@@H]1C2. The molecule has 0 N–H and O–H groups in total. The summed E-state index contributed by atoms with van der Waals surface area (Å²) in [5.74, 6) is 1.19. The van der Waals surface area contributed by atoms with Crippen molar-refractivity contribution in [3.63, 3.8) is 0 Å². The van der Waals surface area contributed by atoms with Crippen molar-refractivity contribution in [3.05, 3.63) is 24.3 Å². The molecule has 0 aromatic heterocycles. The lowest BCUT2D eigenvalue weighted by Crippen LogP contribution is -2.01. The number of hydrogen-bond donors (Lipinski definition) is 0. The monoisotopic (exact) mass is 134 g/mol. The second-order valence-electron chi connectivity index (χ2n) is 3.04. The Morgan fingerprint density at radius 2 is 2.10 bits per heavy atom. The summed E-state index contributed by atoms with van der Waals surface area (Å²) in [7, 11) is 0. The number of carbonyl (C=O) groups is 1. The first-order valence-electron chi connectivity index (χ1n) is 3.74. The molecule has 2 aliphatic carbocycles. The molecule has 0 heterocycles. The number of fused-ring (bicyclic) bond motifs is 2. The quantitative estimate of drug-likeness (QED) is 0.493. The first kappa shape index (κ1) is 5.90. The highest BCUT2D eigenvalue weighted by atomic mass is 16.1. The molecular weight excluding hydrogens is 124 g/mol. The Morgan fingerprint density at radius 1 is 1.30 bits per heavy atom. The van der Waals surface area contributed by atoms with Crippen LogP contribution in [0.25, 0.3) is 0 Å². The molecule has 1 fully saturated rings. The van der Waals surface area contributed by atoms with Gasteiger partial charge in [0.1, 0.15) is 5.78 Å². The van der Waals surface area contributed by atoms with E-state index in [2.05, 4.69) is 12.2 Å². The van der Waals surface area contributed by atoms with Crippen LogP contribution in [0, 0.1) is 11.8 Å². The maximum absolute atomic E-state index is 11.1. The van der Waals surface area contributed by atoms with E-state index in [1.807, 2.05) is 12.2 Å². The maximum Gasteiger partial charge on any atom is 0.140 e. The third kappa shape index (κ3) is 0.821. The largest absolute Gasteiger partial charge is 0.299 e. The summed E-state index contributed by atoms with van der Waals surface area (Å²) < 4.78 is 0. The van der Waals surface area contributed by atoms with Crippen LogP contribution >= 0.6 is 0 Å². The molecule has 0 unspecified atom stereocenters. The molecule has 2 bridgehead atoms. The molecule has 1 nitrogen and oxygen atoms in total. The first-order valence-corrected chi connectivity index (χ1v) is 3.74. The van der Waals surface area contributed by atoms with Crippen LogP contribution in [0.4, 0.5) is 0 Å². The zero-order valence-electron chi connectivity index (χ0n) is 5.79. The minimum absolute atomic E-state index is 0.236. The highest BCUT2D eigenvalue weighted by molar-refractivity contribution is 5.85. The number of rotatable bonds is 0. The van der Waals surface area contributed by atoms with Crippen molar-refractivity contribution >= 4 is 5.78 Å². The van der Waals surface area contributed by atoms with Crippen molar-refractivity contribution in [2.75, 3.05) is 0 Å². The predicted octanol–water partition coefficient (Wildman–Crippen LogP) is 1.71. The van der Waals surface area contributed by atoms with Crippen LogP contribution in [0.2, 0.25) is 0 Å². The topological polar surface area (TPSA) is 17.1 Å². The molecule has 0 saturated heterocycles. The highest BCUT2D eigenvalue weighted by Crippen LogP contribution is 2.31. The summed E-state index contributed by atoms with van der Waals surface area (Å²) in [6.07, 6.45) is 10.0. The Kier molecular flexibility index (Phi) is 1.23. The molecule has 2 aliphatic rings. The van der Waals surface area contributed by atoms with Crippen LogP contribution in [-0.4, -0.2) is 5.78 Å². The second kappa shape index (κ2) is 2.08. The molecule has 52 valence electrons. The Morgan fingerprint density at radius 3 is 3.00 bits per heavy atom. The molecule has 0 amide bonds. The average molecular weight is 134 g/mol. The molecule has 0 aliphatic heterocycles. The van der Waals surface area contributed by atoms with Crippen molar-refractivity contribution in [2.24, 2.45) is 11.8 Å². The third-order valence-corrected chi connectivity index (χ3v) is 2.27. The van der Waals surface area contributed by atoms with E-state index in [0.717, 1.165) is 12.8 Å². The number of ketones is 1. The standard InChI is InChI=1S/C9H10O/c10-9-6-7-3-1-2-4-8(9)5-7/h1-4,7-8H,5-6H2/t7-,8+/m0/s1. The Balaban J connectivity index is 2.29. The zero-order valence-corrected chi connectivity index (χ0v) is 5.79. The number of carbonyl (C=O) groups excluding carboxylic acids is 1. The fourth-order valence-corrected chi connectivity index (χ4v) is 1.70. The van der Waals surface area contributed by atoms with Gasteiger partial charge in [0, 0.05) is 12.3 Å². The van der Waals surface area contributed by atoms with Gasteiger partial charge in [-0.15, -0.1) is 0 Å². The van der Waals surface area contributed by atoms with Gasteiger partial charge < -0.3 is 0 Å². The van der Waals surface area contributed by atoms with E-state index in [9.17, 15) is 4.79 Å². The second-order valence-corrected chi connectivity index (χ2v) is 3.04. The minimum Gasteiger partial charge on any atom is -0.299 e. The van der Waals surface area contributed by atoms with Gasteiger partial charge in [0.25, 0.3) is 0 Å². The van der Waals surface area contributed by atoms with E-state index in [1.165, 1.54) is 0 Å². The minimum atomic E-state index is 0.236. The Labute approximate surface area is 60.4 Å². The van der Waals surface area contributed by atoms with Gasteiger partial charge in [-0.1, -0.05) is 24.3 Å². The molecule has 0 radical (unpaired) electrons. The van der Waals surface area contributed by atoms with Crippen LogP contribution < -0.4 is 0 Å². The van der Waals surface area contributed by atoms with Crippen LogP contribution in [0.5, 0.6) is 0 Å². The number of hydrogen-bond acceptors (Lipinski definition) is 1. The molecule has 2 rings (SSSR count). The normalized spacial score (nSPS) is 36.6. The van der Waals surface area contributed by atoms with Gasteiger partial charge in [-0.05, 0) is 12.3 Å². The smallest absolute Gasteiger partial charge is 0.140 e. The van der Waals surface area contributed by atoms with Crippen LogP contribution in [-0.2, 0) is 4.79 Å². The van der Waals surface area contributed by atoms with Crippen LogP contribution in [0.3, 0.4) is 0 Å². The first-order chi connectivity index (χ1) is 4.86. The molecule has 0 aromatic carbocycles. The van der Waals surface area contributed by atoms with Gasteiger partial charge in [-0.2, -0.15) is 0 Å². The van der Waals surface area contributed by atoms with E-state index in [4.69, 9.17) is 0 Å². The third-order valence-electron chi connectivity index (χ3n) is 2.27. The lowest BCUT2D eigenvalue weighted by Gasteiger charge is -1.96. The van der Waals surface area contributed by atoms with Crippen LogP contribution in [0.15, 0.2) is 24.3 Å². The van der Waals surface area contributed by atoms with Crippen molar-refractivity contribution < 1.29 is 4.79 Å². The van der Waals surface area contributed by atoms with Gasteiger partial charge in [0.2, 0.25) is 0 Å². The van der Waals surface area contributed by atoms with Gasteiger partial charge in [0.05, 0.1) is 0 Å². The van der Waals surface area contributed by atoms with Crippen LogP contribution in [0.1, 0.15) is 12.8 Å². The summed E-state index contributed by atoms with van der Waals surface area (Å²) in [4.78, 5) is 11.1. The summed E-state index contributed by atoms with van der Waals surface area (Å²) >= 11 is 0. The molecular formula is C9H10O. The molecule has 10 heavy (non-hydrogen) atoms. The average Bonchev–Trinajstić information content (AvgIpc) is 2.18. The lowest BCUT2D eigenvalue weighted by molar-refractivity contribution is -0.119. The molecule has 1 saturated carbocycles. The number of allylic oxidation sites excluding steroid dienone is 4. The fraction of sp³-hybridized carbons (Fsp3) is 0.444. The van der Waals surface area contributed by atoms with E-state index < -0.39 is 0 Å². The molecule has 0 aromatic rings. The molecule has 2 atom stereocenters. The summed E-state index contributed by atoms with van der Waals surface area (Å²) in [5.41, 5.74) is 0. The summed E-state index contributed by atoms with van der Waals surface area (Å²) in [6.45, 7) is 0. The highest BCUT2D eigenvalue weighted by Gasteiger charge is 2.29. The Bertz CT molecular complexity index is 213. The number of Topliss-reactive ketones (excluding diaryl/α,β-unsaturated/α-hetero) is 1. The Hall–Kier alpha value is -0.850. The van der Waals surface area contributed by atoms with E-state index in [-0.39, 0.29) is 5.92 Å². The van der Waals surface area contributed by atoms with E-state index >= 15 is 0 Å². The zero-order chi connectivity index (χ0) is 6.97.